The minimum absolute atomic E-state index is 0.984. The molecule has 0 spiro atoms. The molecule has 0 aliphatic carbocycles. The Morgan fingerprint density at radius 3 is 3.18 bits per heavy atom. The summed E-state index contributed by atoms with van der Waals surface area (Å²) in [5.41, 5.74) is 2.32. The van der Waals surface area contributed by atoms with Crippen molar-refractivity contribution in [3.05, 3.63) is 30.2 Å². The molecule has 1 N–H and O–H groups in total. The molecule has 2 heteroatoms. The predicted octanol–water partition coefficient (Wildman–Crippen LogP) is 2.13. The summed E-state index contributed by atoms with van der Waals surface area (Å²) >= 11 is 0. The normalized spacial score (nSPS) is 10.6. The number of aromatic nitrogens is 2. The summed E-state index contributed by atoms with van der Waals surface area (Å²) in [5, 5.41) is 1.25. The highest BCUT2D eigenvalue weighted by Gasteiger charge is 1.98. The van der Waals surface area contributed by atoms with Gasteiger partial charge in [-0.2, -0.15) is 0 Å². The van der Waals surface area contributed by atoms with Crippen molar-refractivity contribution in [3.8, 4) is 0 Å². The van der Waals surface area contributed by atoms with Crippen LogP contribution in [0.2, 0.25) is 0 Å². The van der Waals surface area contributed by atoms with Crippen molar-refractivity contribution >= 4 is 10.9 Å². The van der Waals surface area contributed by atoms with Crippen molar-refractivity contribution in [2.24, 2.45) is 0 Å². The molecule has 0 radical (unpaired) electrons. The van der Waals surface area contributed by atoms with Crippen molar-refractivity contribution in [1.82, 2.24) is 9.97 Å². The van der Waals surface area contributed by atoms with Crippen LogP contribution in [0.5, 0.6) is 0 Å². The Morgan fingerprint density at radius 2 is 2.36 bits per heavy atom. The van der Waals surface area contributed by atoms with Crippen molar-refractivity contribution in [3.63, 3.8) is 0 Å². The minimum Gasteiger partial charge on any atom is -0.360 e. The van der Waals surface area contributed by atoms with E-state index >= 15 is 0 Å². The molecule has 2 rings (SSSR count). The van der Waals surface area contributed by atoms with Gasteiger partial charge in [0.1, 0.15) is 0 Å². The highest BCUT2D eigenvalue weighted by atomic mass is 14.7. The number of hydrogen-bond acceptors (Lipinski definition) is 1. The fourth-order valence-corrected chi connectivity index (χ4v) is 1.31. The lowest BCUT2D eigenvalue weighted by Gasteiger charge is -1.95. The lowest BCUT2D eigenvalue weighted by molar-refractivity contribution is 1.05. The van der Waals surface area contributed by atoms with Gasteiger partial charge in [-0.05, 0) is 18.6 Å². The summed E-state index contributed by atoms with van der Waals surface area (Å²) in [6.45, 7) is 2.11. The molecule has 0 saturated heterocycles. The highest BCUT2D eigenvalue weighted by Crippen LogP contribution is 2.14. The van der Waals surface area contributed by atoms with Gasteiger partial charge < -0.3 is 4.98 Å². The molecule has 0 aliphatic rings. The van der Waals surface area contributed by atoms with Crippen molar-refractivity contribution in [2.75, 3.05) is 0 Å². The van der Waals surface area contributed by atoms with Crippen LogP contribution >= 0.6 is 0 Å². The molecule has 2 heterocycles. The van der Waals surface area contributed by atoms with Gasteiger partial charge in [0.25, 0.3) is 0 Å². The minimum atomic E-state index is 0.984. The Balaban J connectivity index is 2.79. The molecule has 0 aliphatic heterocycles. The maximum Gasteiger partial charge on any atom is 0.0672 e. The number of fused-ring (bicyclic) bond motifs is 1. The fraction of sp³-hybridized carbons (Fsp3) is 0.222. The van der Waals surface area contributed by atoms with Crippen LogP contribution in [-0.4, -0.2) is 9.97 Å². The lowest BCUT2D eigenvalue weighted by atomic mass is 10.2. The molecule has 0 bridgehead atoms. The van der Waals surface area contributed by atoms with Crippen LogP contribution in [0.3, 0.4) is 0 Å². The van der Waals surface area contributed by atoms with Gasteiger partial charge in [0.2, 0.25) is 0 Å². The van der Waals surface area contributed by atoms with Crippen LogP contribution in [-0.2, 0) is 6.42 Å². The second-order valence-corrected chi connectivity index (χ2v) is 2.55. The van der Waals surface area contributed by atoms with Gasteiger partial charge in [-0.15, -0.1) is 0 Å². The monoisotopic (exact) mass is 146 g/mol. The van der Waals surface area contributed by atoms with Gasteiger partial charge in [-0.1, -0.05) is 6.92 Å². The molecule has 2 aromatic heterocycles. The van der Waals surface area contributed by atoms with E-state index in [9.17, 15) is 0 Å². The van der Waals surface area contributed by atoms with Gasteiger partial charge >= 0.3 is 0 Å². The first-order chi connectivity index (χ1) is 5.42. The largest absolute Gasteiger partial charge is 0.360 e. The van der Waals surface area contributed by atoms with Crippen molar-refractivity contribution in [1.29, 1.82) is 0 Å². The van der Waals surface area contributed by atoms with E-state index in [1.165, 1.54) is 10.9 Å². The molecule has 2 nitrogen and oxygen atoms in total. The van der Waals surface area contributed by atoms with E-state index in [1.807, 2.05) is 18.5 Å². The number of rotatable bonds is 1. The van der Waals surface area contributed by atoms with E-state index in [1.54, 1.807) is 0 Å². The Kier molecular flexibility index (Phi) is 1.39. The first kappa shape index (κ1) is 6.40. The summed E-state index contributed by atoms with van der Waals surface area (Å²) < 4.78 is 0. The van der Waals surface area contributed by atoms with Crippen LogP contribution in [0.1, 0.15) is 12.6 Å². The fourth-order valence-electron chi connectivity index (χ4n) is 1.31. The standard InChI is InChI=1S/C9H10N2/c1-2-8-9-7(3-5-10-8)4-6-11-9/h3-6,11H,2H2,1H3. The second kappa shape index (κ2) is 2.38. The summed E-state index contributed by atoms with van der Waals surface area (Å²) in [5.74, 6) is 0. The van der Waals surface area contributed by atoms with Crippen LogP contribution in [0, 0.1) is 0 Å². The third-order valence-electron chi connectivity index (χ3n) is 1.89. The Morgan fingerprint density at radius 1 is 1.45 bits per heavy atom. The highest BCUT2D eigenvalue weighted by molar-refractivity contribution is 5.80. The molecule has 56 valence electrons. The zero-order valence-corrected chi connectivity index (χ0v) is 6.46. The molecule has 0 unspecified atom stereocenters. The van der Waals surface area contributed by atoms with Gasteiger partial charge in [0, 0.05) is 17.8 Å². The Hall–Kier alpha value is -1.31. The first-order valence-corrected chi connectivity index (χ1v) is 3.83. The topological polar surface area (TPSA) is 28.7 Å². The number of nitrogens with one attached hydrogen (secondary N) is 1. The zero-order valence-electron chi connectivity index (χ0n) is 6.46. The van der Waals surface area contributed by atoms with Crippen molar-refractivity contribution < 1.29 is 0 Å². The number of pyridine rings is 1. The summed E-state index contributed by atoms with van der Waals surface area (Å²) in [6, 6.07) is 4.08. The number of aromatic amines is 1. The molecule has 0 aromatic carbocycles. The summed E-state index contributed by atoms with van der Waals surface area (Å²) in [7, 11) is 0. The maximum absolute atomic E-state index is 4.27. The number of aryl methyl sites for hydroxylation is 1. The van der Waals surface area contributed by atoms with E-state index in [2.05, 4.69) is 23.0 Å². The molecule has 0 saturated carbocycles. The molecule has 0 fully saturated rings. The van der Waals surface area contributed by atoms with Gasteiger partial charge in [0.15, 0.2) is 0 Å². The van der Waals surface area contributed by atoms with Crippen molar-refractivity contribution in [2.45, 2.75) is 13.3 Å². The lowest BCUT2D eigenvalue weighted by Crippen LogP contribution is -1.86. The predicted molar refractivity (Wildman–Crippen MR) is 45.5 cm³/mol. The maximum atomic E-state index is 4.27. The summed E-state index contributed by atoms with van der Waals surface area (Å²) in [6.07, 6.45) is 4.79. The molecular weight excluding hydrogens is 136 g/mol. The third-order valence-corrected chi connectivity index (χ3v) is 1.89. The molecular formula is C9H10N2. The quantitative estimate of drug-likeness (QED) is 0.656. The van der Waals surface area contributed by atoms with Crippen LogP contribution in [0.15, 0.2) is 24.5 Å². The van der Waals surface area contributed by atoms with E-state index < -0.39 is 0 Å². The van der Waals surface area contributed by atoms with E-state index in [-0.39, 0.29) is 0 Å². The average molecular weight is 146 g/mol. The Bertz CT molecular complexity index is 362. The molecule has 0 atom stereocenters. The SMILES string of the molecule is CCc1nccc2cc[nH]c12. The van der Waals surface area contributed by atoms with Crippen LogP contribution in [0.4, 0.5) is 0 Å². The zero-order chi connectivity index (χ0) is 7.68. The average Bonchev–Trinajstić information content (AvgIpc) is 2.50. The summed E-state index contributed by atoms with van der Waals surface area (Å²) in [4.78, 5) is 7.44. The van der Waals surface area contributed by atoms with Crippen LogP contribution < -0.4 is 0 Å². The van der Waals surface area contributed by atoms with Gasteiger partial charge in [0.05, 0.1) is 11.2 Å². The van der Waals surface area contributed by atoms with Crippen LogP contribution in [0.25, 0.3) is 10.9 Å². The molecule has 11 heavy (non-hydrogen) atoms. The van der Waals surface area contributed by atoms with Gasteiger partial charge in [-0.25, -0.2) is 0 Å². The third kappa shape index (κ3) is 0.909. The smallest absolute Gasteiger partial charge is 0.0672 e. The van der Waals surface area contributed by atoms with E-state index in [4.69, 9.17) is 0 Å². The van der Waals surface area contributed by atoms with E-state index in [0.29, 0.717) is 0 Å². The molecule has 0 amide bonds. The first-order valence-electron chi connectivity index (χ1n) is 3.83. The second-order valence-electron chi connectivity index (χ2n) is 2.55. The Labute approximate surface area is 65.3 Å². The number of hydrogen-bond donors (Lipinski definition) is 1. The van der Waals surface area contributed by atoms with E-state index in [0.717, 1.165) is 12.1 Å². The van der Waals surface area contributed by atoms with Gasteiger partial charge in [-0.3, -0.25) is 4.98 Å². The number of nitrogens with zero attached hydrogens (tertiary/aromatic N) is 1. The number of H-pyrrole nitrogens is 1. The molecule has 2 aromatic rings.